The van der Waals surface area contributed by atoms with E-state index in [9.17, 15) is 0 Å². The minimum absolute atomic E-state index is 0.326. The molecule has 26 heavy (non-hydrogen) atoms. The average molecular weight is 486 g/mol. The van der Waals surface area contributed by atoms with E-state index < -0.39 is 0 Å². The summed E-state index contributed by atoms with van der Waals surface area (Å²) in [6, 6.07) is 0. The van der Waals surface area contributed by atoms with Crippen LogP contribution in [-0.4, -0.2) is 83.7 Å². The Hall–Kier alpha value is 0.0500. The zero-order chi connectivity index (χ0) is 19.0. The molecule has 0 bridgehead atoms. The summed E-state index contributed by atoms with van der Waals surface area (Å²) < 4.78 is 33.4. The molecule has 0 saturated carbocycles. The molecule has 0 amide bonds. The van der Waals surface area contributed by atoms with Crippen molar-refractivity contribution in [3.05, 3.63) is 0 Å². The number of alkyl halides is 1. The molecule has 0 N–H and O–H groups in total. The van der Waals surface area contributed by atoms with Gasteiger partial charge in [0.2, 0.25) is 0 Å². The Kier molecular flexibility index (Phi) is 25.1. The summed E-state index contributed by atoms with van der Waals surface area (Å²) in [6.45, 7) is 6.83. The molecule has 0 fully saturated rings. The fourth-order valence-corrected chi connectivity index (χ4v) is 2.42. The third-order valence-corrected chi connectivity index (χ3v) is 3.98. The van der Waals surface area contributed by atoms with Gasteiger partial charge in [0.05, 0.1) is 66.1 Å². The molecule has 0 aliphatic carbocycles. The summed E-state index contributed by atoms with van der Waals surface area (Å²) in [5.41, 5.74) is 0. The SMILES string of the molecule is C#CCOCCOCCOCCOCCOCCOCCCCCCI. The number of ether oxygens (including phenoxy) is 6. The Balaban J connectivity index is 2.96. The normalized spacial score (nSPS) is 10.9. The largest absolute Gasteiger partial charge is 0.379 e. The first kappa shape index (κ1) is 26.1. The first-order chi connectivity index (χ1) is 12.9. The van der Waals surface area contributed by atoms with Crippen molar-refractivity contribution in [3.8, 4) is 12.3 Å². The monoisotopic (exact) mass is 486 g/mol. The van der Waals surface area contributed by atoms with Gasteiger partial charge in [-0.15, -0.1) is 6.42 Å². The highest BCUT2D eigenvalue weighted by Crippen LogP contribution is 2.02. The molecule has 0 spiro atoms. The molecule has 0 aromatic rings. The van der Waals surface area contributed by atoms with E-state index in [0.717, 1.165) is 13.0 Å². The maximum atomic E-state index is 5.52. The van der Waals surface area contributed by atoms with Gasteiger partial charge >= 0.3 is 0 Å². The van der Waals surface area contributed by atoms with Gasteiger partial charge in [-0.05, 0) is 17.3 Å². The van der Waals surface area contributed by atoms with Gasteiger partial charge in [-0.25, -0.2) is 0 Å². The molecule has 0 aromatic heterocycles. The molecule has 0 radical (unpaired) electrons. The third kappa shape index (κ3) is 24.1. The van der Waals surface area contributed by atoms with E-state index in [2.05, 4.69) is 28.5 Å². The molecular formula is C19H35IO6. The zero-order valence-corrected chi connectivity index (χ0v) is 18.1. The second kappa shape index (κ2) is 25.1. The highest BCUT2D eigenvalue weighted by Gasteiger charge is 1.94. The molecule has 0 saturated heterocycles. The van der Waals surface area contributed by atoms with Crippen LogP contribution in [0.25, 0.3) is 0 Å². The number of halogens is 1. The second-order valence-electron chi connectivity index (χ2n) is 5.42. The van der Waals surface area contributed by atoms with E-state index in [1.807, 2.05) is 0 Å². The second-order valence-corrected chi connectivity index (χ2v) is 6.50. The van der Waals surface area contributed by atoms with Crippen LogP contribution in [0, 0.1) is 12.3 Å². The van der Waals surface area contributed by atoms with Crippen LogP contribution >= 0.6 is 22.6 Å². The van der Waals surface area contributed by atoms with Crippen LogP contribution in [0.15, 0.2) is 0 Å². The van der Waals surface area contributed by atoms with Crippen LogP contribution in [0.2, 0.25) is 0 Å². The summed E-state index contributed by atoms with van der Waals surface area (Å²) in [7, 11) is 0. The van der Waals surface area contributed by atoms with E-state index in [-0.39, 0.29) is 0 Å². The molecule has 7 heteroatoms. The lowest BCUT2D eigenvalue weighted by molar-refractivity contribution is -0.0156. The predicted octanol–water partition coefficient (Wildman–Crippen LogP) is 2.71. The van der Waals surface area contributed by atoms with Crippen LogP contribution in [0.3, 0.4) is 0 Å². The van der Waals surface area contributed by atoms with Gasteiger partial charge in [0, 0.05) is 6.61 Å². The highest BCUT2D eigenvalue weighted by molar-refractivity contribution is 14.1. The van der Waals surface area contributed by atoms with Gasteiger partial charge in [0.1, 0.15) is 6.61 Å². The first-order valence-electron chi connectivity index (χ1n) is 9.37. The topological polar surface area (TPSA) is 55.4 Å². The van der Waals surface area contributed by atoms with Gasteiger partial charge in [-0.2, -0.15) is 0 Å². The molecule has 154 valence electrons. The molecule has 0 unspecified atom stereocenters. The molecule has 0 aromatic carbocycles. The van der Waals surface area contributed by atoms with Crippen molar-refractivity contribution in [2.75, 3.05) is 83.7 Å². The molecule has 0 aliphatic rings. The van der Waals surface area contributed by atoms with Gasteiger partial charge in [0.25, 0.3) is 0 Å². The number of hydrogen-bond donors (Lipinski definition) is 0. The lowest BCUT2D eigenvalue weighted by Gasteiger charge is -2.08. The molecule has 0 heterocycles. The van der Waals surface area contributed by atoms with Crippen LogP contribution in [0.5, 0.6) is 0 Å². The minimum Gasteiger partial charge on any atom is -0.379 e. The molecular weight excluding hydrogens is 451 g/mol. The van der Waals surface area contributed by atoms with Crippen molar-refractivity contribution >= 4 is 22.6 Å². The number of terminal acetylenes is 1. The summed E-state index contributed by atoms with van der Waals surface area (Å²) in [5, 5.41) is 0. The molecule has 0 rings (SSSR count). The Bertz CT molecular complexity index is 298. The van der Waals surface area contributed by atoms with Crippen LogP contribution in [-0.2, 0) is 28.4 Å². The van der Waals surface area contributed by atoms with Crippen molar-refractivity contribution < 1.29 is 28.4 Å². The van der Waals surface area contributed by atoms with E-state index >= 15 is 0 Å². The van der Waals surface area contributed by atoms with Crippen LogP contribution < -0.4 is 0 Å². The average Bonchev–Trinajstić information content (AvgIpc) is 2.66. The molecule has 0 aliphatic heterocycles. The van der Waals surface area contributed by atoms with E-state index in [1.54, 1.807) is 0 Å². The summed E-state index contributed by atoms with van der Waals surface area (Å²) in [6.07, 6.45) is 10.1. The molecule has 0 atom stereocenters. The standard InChI is InChI=1S/C19H35IO6/c1-2-8-21-10-12-23-14-16-25-18-19-26-17-15-24-13-11-22-9-6-4-3-5-7-20/h1H,3-19H2. The van der Waals surface area contributed by atoms with Gasteiger partial charge in [-0.1, -0.05) is 41.4 Å². The Labute approximate surface area is 172 Å². The highest BCUT2D eigenvalue weighted by atomic mass is 127. The fourth-order valence-electron chi connectivity index (χ4n) is 1.88. The third-order valence-electron chi connectivity index (χ3n) is 3.22. The number of unbranched alkanes of at least 4 members (excludes halogenated alkanes) is 3. The summed E-state index contributed by atoms with van der Waals surface area (Å²) in [5.74, 6) is 2.40. The first-order valence-corrected chi connectivity index (χ1v) is 10.9. The molecule has 6 nitrogen and oxygen atoms in total. The summed E-state index contributed by atoms with van der Waals surface area (Å²) in [4.78, 5) is 0. The van der Waals surface area contributed by atoms with Gasteiger partial charge in [0.15, 0.2) is 0 Å². The lowest BCUT2D eigenvalue weighted by atomic mass is 10.2. The van der Waals surface area contributed by atoms with Crippen molar-refractivity contribution in [3.63, 3.8) is 0 Å². The Morgan fingerprint density at radius 2 is 0.885 bits per heavy atom. The zero-order valence-electron chi connectivity index (χ0n) is 15.9. The Morgan fingerprint density at radius 3 is 1.31 bits per heavy atom. The predicted molar refractivity (Wildman–Crippen MR) is 111 cm³/mol. The number of hydrogen-bond acceptors (Lipinski definition) is 6. The maximum Gasteiger partial charge on any atom is 0.107 e. The summed E-state index contributed by atoms with van der Waals surface area (Å²) >= 11 is 2.42. The van der Waals surface area contributed by atoms with E-state index in [1.165, 1.54) is 23.7 Å². The van der Waals surface area contributed by atoms with E-state index in [4.69, 9.17) is 34.8 Å². The van der Waals surface area contributed by atoms with E-state index in [0.29, 0.717) is 72.7 Å². The smallest absolute Gasteiger partial charge is 0.107 e. The number of rotatable bonds is 22. The quantitative estimate of drug-likeness (QED) is 0.102. The Morgan fingerprint density at radius 1 is 0.500 bits per heavy atom. The van der Waals surface area contributed by atoms with Gasteiger partial charge < -0.3 is 28.4 Å². The van der Waals surface area contributed by atoms with Crippen molar-refractivity contribution in [1.29, 1.82) is 0 Å². The van der Waals surface area contributed by atoms with Crippen LogP contribution in [0.4, 0.5) is 0 Å². The van der Waals surface area contributed by atoms with Gasteiger partial charge in [-0.3, -0.25) is 0 Å². The van der Waals surface area contributed by atoms with Crippen LogP contribution in [0.1, 0.15) is 25.7 Å². The van der Waals surface area contributed by atoms with Crippen molar-refractivity contribution in [2.45, 2.75) is 25.7 Å². The fraction of sp³-hybridized carbons (Fsp3) is 0.895. The maximum absolute atomic E-state index is 5.52. The van der Waals surface area contributed by atoms with Crippen molar-refractivity contribution in [1.82, 2.24) is 0 Å². The van der Waals surface area contributed by atoms with Crippen molar-refractivity contribution in [2.24, 2.45) is 0 Å². The minimum atomic E-state index is 0.326. The lowest BCUT2D eigenvalue weighted by Crippen LogP contribution is -2.14.